The summed E-state index contributed by atoms with van der Waals surface area (Å²) < 4.78 is 19.8. The van der Waals surface area contributed by atoms with Gasteiger partial charge < -0.3 is 9.64 Å². The maximum Gasteiger partial charge on any atom is 0.228 e. The van der Waals surface area contributed by atoms with E-state index in [9.17, 15) is 9.18 Å². The van der Waals surface area contributed by atoms with Gasteiger partial charge in [-0.2, -0.15) is 5.10 Å². The minimum absolute atomic E-state index is 0.1000. The molecule has 3 rings (SSSR count). The lowest BCUT2D eigenvalue weighted by Crippen LogP contribution is -2.36. The fourth-order valence-corrected chi connectivity index (χ4v) is 3.12. The number of rotatable bonds is 6. The van der Waals surface area contributed by atoms with Gasteiger partial charge in [-0.15, -0.1) is 0 Å². The normalized spacial score (nSPS) is 15.8. The van der Waals surface area contributed by atoms with E-state index in [1.165, 1.54) is 12.1 Å². The standard InChI is InChI=1S/C19H25FN4O2/c1-26-14-13-22-8-2-9-23(12-11-22)19(25)15-17-7-10-24(21-17)18-5-3-16(20)4-6-18/h3-7,10H,2,8-9,11-15H2,1H3. The van der Waals surface area contributed by atoms with Crippen LogP contribution in [0.4, 0.5) is 4.39 Å². The van der Waals surface area contributed by atoms with Gasteiger partial charge in [-0.3, -0.25) is 9.69 Å². The van der Waals surface area contributed by atoms with E-state index >= 15 is 0 Å². The molecule has 1 aromatic heterocycles. The zero-order valence-corrected chi connectivity index (χ0v) is 15.1. The number of hydrogen-bond acceptors (Lipinski definition) is 4. The number of amides is 1. The summed E-state index contributed by atoms with van der Waals surface area (Å²) in [5.74, 6) is -0.181. The van der Waals surface area contributed by atoms with Gasteiger partial charge >= 0.3 is 0 Å². The third-order valence-electron chi connectivity index (χ3n) is 4.62. The number of methoxy groups -OCH3 is 1. The third-order valence-corrected chi connectivity index (χ3v) is 4.62. The summed E-state index contributed by atoms with van der Waals surface area (Å²) in [6.45, 7) is 5.00. The average molecular weight is 360 g/mol. The lowest BCUT2D eigenvalue weighted by atomic mass is 10.2. The molecule has 1 aliphatic rings. The Labute approximate surface area is 153 Å². The summed E-state index contributed by atoms with van der Waals surface area (Å²) in [5.41, 5.74) is 1.49. The minimum atomic E-state index is -0.281. The molecule has 0 unspecified atom stereocenters. The molecule has 2 aromatic rings. The van der Waals surface area contributed by atoms with Crippen LogP contribution in [0.25, 0.3) is 5.69 Å². The molecule has 0 radical (unpaired) electrons. The second kappa shape index (κ2) is 8.91. The molecule has 1 amide bonds. The molecule has 0 saturated carbocycles. The van der Waals surface area contributed by atoms with Crippen molar-refractivity contribution in [3.8, 4) is 5.69 Å². The summed E-state index contributed by atoms with van der Waals surface area (Å²) in [4.78, 5) is 16.9. The highest BCUT2D eigenvalue weighted by molar-refractivity contribution is 5.78. The molecule has 0 bridgehead atoms. The first kappa shape index (κ1) is 18.5. The monoisotopic (exact) mass is 360 g/mol. The van der Waals surface area contributed by atoms with E-state index < -0.39 is 0 Å². The Morgan fingerprint density at radius 1 is 1.15 bits per heavy atom. The Kier molecular flexibility index (Phi) is 6.35. The topological polar surface area (TPSA) is 50.6 Å². The smallest absolute Gasteiger partial charge is 0.228 e. The second-order valence-corrected chi connectivity index (χ2v) is 6.47. The highest BCUT2D eigenvalue weighted by Crippen LogP contribution is 2.11. The largest absolute Gasteiger partial charge is 0.383 e. The van der Waals surface area contributed by atoms with Crippen molar-refractivity contribution in [3.05, 3.63) is 48.0 Å². The first-order valence-electron chi connectivity index (χ1n) is 8.95. The Balaban J connectivity index is 1.55. The first-order valence-corrected chi connectivity index (χ1v) is 8.95. The van der Waals surface area contributed by atoms with Gasteiger partial charge in [0.2, 0.25) is 5.91 Å². The van der Waals surface area contributed by atoms with Crippen molar-refractivity contribution in [2.45, 2.75) is 12.8 Å². The van der Waals surface area contributed by atoms with Gasteiger partial charge in [0.1, 0.15) is 5.82 Å². The molecule has 2 heterocycles. The van der Waals surface area contributed by atoms with Gasteiger partial charge in [0.25, 0.3) is 0 Å². The van der Waals surface area contributed by atoms with Crippen molar-refractivity contribution < 1.29 is 13.9 Å². The molecule has 1 fully saturated rings. The van der Waals surface area contributed by atoms with E-state index in [0.29, 0.717) is 0 Å². The number of ether oxygens (including phenoxy) is 1. The zero-order valence-electron chi connectivity index (χ0n) is 15.1. The Morgan fingerprint density at radius 2 is 1.96 bits per heavy atom. The molecule has 140 valence electrons. The lowest BCUT2D eigenvalue weighted by Gasteiger charge is -2.21. The Bertz CT molecular complexity index is 717. The fraction of sp³-hybridized carbons (Fsp3) is 0.474. The number of nitrogens with zero attached hydrogens (tertiary/aromatic N) is 4. The predicted molar refractivity (Wildman–Crippen MR) is 96.7 cm³/mol. The maximum atomic E-state index is 13.0. The van der Waals surface area contributed by atoms with Crippen molar-refractivity contribution in [2.24, 2.45) is 0 Å². The molecular formula is C19H25FN4O2. The number of carbonyl (C=O) groups excluding carboxylic acids is 1. The van der Waals surface area contributed by atoms with Gasteiger partial charge in [-0.1, -0.05) is 0 Å². The first-order chi connectivity index (χ1) is 12.7. The van der Waals surface area contributed by atoms with E-state index in [1.807, 2.05) is 11.0 Å². The molecule has 1 aromatic carbocycles. The maximum absolute atomic E-state index is 13.0. The van der Waals surface area contributed by atoms with Crippen LogP contribution in [0.5, 0.6) is 0 Å². The minimum Gasteiger partial charge on any atom is -0.383 e. The van der Waals surface area contributed by atoms with Gasteiger partial charge in [0.05, 0.1) is 24.4 Å². The number of carbonyl (C=O) groups is 1. The molecule has 1 aliphatic heterocycles. The Morgan fingerprint density at radius 3 is 2.73 bits per heavy atom. The van der Waals surface area contributed by atoms with Crippen molar-refractivity contribution in [1.82, 2.24) is 19.6 Å². The van der Waals surface area contributed by atoms with Crippen LogP contribution in [-0.2, 0) is 16.0 Å². The summed E-state index contributed by atoms with van der Waals surface area (Å²) in [6.07, 6.45) is 3.05. The van der Waals surface area contributed by atoms with Gasteiger partial charge in [0, 0.05) is 39.5 Å². The molecule has 1 saturated heterocycles. The van der Waals surface area contributed by atoms with Crippen LogP contribution in [-0.4, -0.2) is 71.9 Å². The third kappa shape index (κ3) is 4.89. The van der Waals surface area contributed by atoms with Crippen LogP contribution in [0.2, 0.25) is 0 Å². The van der Waals surface area contributed by atoms with Crippen molar-refractivity contribution in [2.75, 3.05) is 46.4 Å². The lowest BCUT2D eigenvalue weighted by molar-refractivity contribution is -0.130. The SMILES string of the molecule is COCCN1CCCN(C(=O)Cc2ccn(-c3ccc(F)cc3)n2)CC1. The Hall–Kier alpha value is -2.25. The summed E-state index contributed by atoms with van der Waals surface area (Å²) in [5, 5.41) is 4.44. The molecular weight excluding hydrogens is 335 g/mol. The number of benzene rings is 1. The fourth-order valence-electron chi connectivity index (χ4n) is 3.12. The van der Waals surface area contributed by atoms with E-state index in [1.54, 1.807) is 30.1 Å². The van der Waals surface area contributed by atoms with Crippen LogP contribution >= 0.6 is 0 Å². The van der Waals surface area contributed by atoms with Crippen LogP contribution < -0.4 is 0 Å². The predicted octanol–water partition coefficient (Wildman–Crippen LogP) is 1.73. The van der Waals surface area contributed by atoms with Crippen LogP contribution in [0.3, 0.4) is 0 Å². The van der Waals surface area contributed by atoms with Crippen LogP contribution in [0.1, 0.15) is 12.1 Å². The molecule has 0 atom stereocenters. The van der Waals surface area contributed by atoms with Gasteiger partial charge in [-0.25, -0.2) is 9.07 Å². The van der Waals surface area contributed by atoms with Crippen molar-refractivity contribution >= 4 is 5.91 Å². The van der Waals surface area contributed by atoms with Crippen LogP contribution in [0, 0.1) is 5.82 Å². The van der Waals surface area contributed by atoms with E-state index in [0.717, 1.165) is 57.1 Å². The molecule has 0 spiro atoms. The van der Waals surface area contributed by atoms with E-state index in [4.69, 9.17) is 4.74 Å². The number of aromatic nitrogens is 2. The highest BCUT2D eigenvalue weighted by Gasteiger charge is 2.20. The van der Waals surface area contributed by atoms with E-state index in [2.05, 4.69) is 10.00 Å². The van der Waals surface area contributed by atoms with Gasteiger partial charge in [-0.05, 0) is 43.3 Å². The van der Waals surface area contributed by atoms with Gasteiger partial charge in [0.15, 0.2) is 0 Å². The molecule has 6 nitrogen and oxygen atoms in total. The summed E-state index contributed by atoms with van der Waals surface area (Å²) >= 11 is 0. The number of hydrogen-bond donors (Lipinski definition) is 0. The second-order valence-electron chi connectivity index (χ2n) is 6.47. The average Bonchev–Trinajstić information content (AvgIpc) is 2.97. The quantitative estimate of drug-likeness (QED) is 0.787. The summed E-state index contributed by atoms with van der Waals surface area (Å²) in [7, 11) is 1.71. The molecule has 26 heavy (non-hydrogen) atoms. The number of halogens is 1. The zero-order chi connectivity index (χ0) is 18.4. The van der Waals surface area contributed by atoms with Crippen molar-refractivity contribution in [1.29, 1.82) is 0 Å². The van der Waals surface area contributed by atoms with E-state index in [-0.39, 0.29) is 18.1 Å². The van der Waals surface area contributed by atoms with Crippen molar-refractivity contribution in [3.63, 3.8) is 0 Å². The molecule has 7 heteroatoms. The molecule has 0 aliphatic carbocycles. The van der Waals surface area contributed by atoms with Crippen LogP contribution in [0.15, 0.2) is 36.5 Å². The highest BCUT2D eigenvalue weighted by atomic mass is 19.1. The molecule has 0 N–H and O–H groups in total. The summed E-state index contributed by atoms with van der Waals surface area (Å²) in [6, 6.07) is 7.96.